The van der Waals surface area contributed by atoms with E-state index in [2.05, 4.69) is 108 Å². The van der Waals surface area contributed by atoms with E-state index in [0.717, 1.165) is 6.42 Å². The molecule has 0 fully saturated rings. The van der Waals surface area contributed by atoms with Gasteiger partial charge >= 0.3 is 0 Å². The Labute approximate surface area is 172 Å². The summed E-state index contributed by atoms with van der Waals surface area (Å²) >= 11 is 0. The van der Waals surface area contributed by atoms with Gasteiger partial charge in [-0.3, -0.25) is 0 Å². The van der Waals surface area contributed by atoms with E-state index in [0.29, 0.717) is 0 Å². The van der Waals surface area contributed by atoms with Crippen LogP contribution in [0.25, 0.3) is 11.1 Å². The first kappa shape index (κ1) is 20.8. The van der Waals surface area contributed by atoms with Crippen LogP contribution in [-0.4, -0.2) is 13.8 Å². The van der Waals surface area contributed by atoms with Crippen molar-refractivity contribution in [2.24, 2.45) is 0 Å². The van der Waals surface area contributed by atoms with Crippen LogP contribution in [0.5, 0.6) is 0 Å². The summed E-state index contributed by atoms with van der Waals surface area (Å²) in [5.41, 5.74) is 9.85. The van der Waals surface area contributed by atoms with Gasteiger partial charge in [0.15, 0.2) is 0 Å². The Morgan fingerprint density at radius 2 is 1.21 bits per heavy atom. The summed E-state index contributed by atoms with van der Waals surface area (Å²) in [6.07, 6.45) is 1.06. The lowest BCUT2D eigenvalue weighted by molar-refractivity contribution is 0.513. The van der Waals surface area contributed by atoms with Crippen LogP contribution in [0.15, 0.2) is 59.3 Å². The minimum Gasteiger partial charge on any atom is -0.329 e. The summed E-state index contributed by atoms with van der Waals surface area (Å²) in [6, 6.07) is 18.1. The Kier molecular flexibility index (Phi) is 5.57. The smallest absolute Gasteiger partial charge is 0.148 e. The number of hydrogen-bond acceptors (Lipinski definition) is 1. The first-order valence-electron chi connectivity index (χ1n) is 10.3. The van der Waals surface area contributed by atoms with E-state index in [4.69, 9.17) is 0 Å². The largest absolute Gasteiger partial charge is 0.329 e. The van der Waals surface area contributed by atoms with Crippen molar-refractivity contribution < 1.29 is 0 Å². The van der Waals surface area contributed by atoms with E-state index >= 15 is 0 Å². The lowest BCUT2D eigenvalue weighted by Crippen LogP contribution is -2.55. The molecule has 28 heavy (non-hydrogen) atoms. The number of allylic oxidation sites excluding steroid dienone is 4. The summed E-state index contributed by atoms with van der Waals surface area (Å²) in [5, 5.41) is 1.63. The van der Waals surface area contributed by atoms with Crippen LogP contribution < -0.4 is 4.98 Å². The van der Waals surface area contributed by atoms with Crippen molar-refractivity contribution in [1.82, 2.24) is 4.98 Å². The van der Waals surface area contributed by atoms with Crippen LogP contribution in [0.1, 0.15) is 56.4 Å². The molecule has 0 unspecified atom stereocenters. The maximum atomic E-state index is 3.98. The second-order valence-electron chi connectivity index (χ2n) is 9.87. The third-order valence-corrected chi connectivity index (χ3v) is 9.10. The second-order valence-corrected chi connectivity index (χ2v) is 14.0. The molecule has 0 spiro atoms. The van der Waals surface area contributed by atoms with E-state index in [1.54, 1.807) is 5.20 Å². The van der Waals surface area contributed by atoms with Gasteiger partial charge in [0.2, 0.25) is 0 Å². The Morgan fingerprint density at radius 3 is 1.68 bits per heavy atom. The normalized spacial score (nSPS) is 15.6. The molecular formula is C26H35NSi. The fourth-order valence-corrected chi connectivity index (χ4v) is 8.30. The summed E-state index contributed by atoms with van der Waals surface area (Å²) < 4.78 is 0. The quantitative estimate of drug-likeness (QED) is 0.552. The van der Waals surface area contributed by atoms with Crippen molar-refractivity contribution in [3.05, 3.63) is 81.6 Å². The maximum Gasteiger partial charge on any atom is 0.148 e. The van der Waals surface area contributed by atoms with E-state index in [1.165, 1.54) is 39.0 Å². The molecule has 2 heteroatoms. The highest BCUT2D eigenvalue weighted by Gasteiger charge is 2.36. The SMILES string of the molecule is CC1=C([Si](C)(C)NC(C)(C)C)CC(c2ccc(C)cc2)=C1c1ccc(C)cc1. The zero-order valence-electron chi connectivity index (χ0n) is 18.8. The Hall–Kier alpha value is -1.90. The minimum atomic E-state index is -1.75. The van der Waals surface area contributed by atoms with Gasteiger partial charge in [0.1, 0.15) is 8.24 Å². The maximum absolute atomic E-state index is 3.98. The van der Waals surface area contributed by atoms with Gasteiger partial charge in [0.05, 0.1) is 0 Å². The van der Waals surface area contributed by atoms with Gasteiger partial charge in [-0.1, -0.05) is 77.9 Å². The zero-order chi connectivity index (χ0) is 20.7. The fraction of sp³-hybridized carbons (Fsp3) is 0.385. The first-order chi connectivity index (χ1) is 13.0. The average molecular weight is 390 g/mol. The molecule has 1 aliphatic rings. The molecule has 3 rings (SSSR count). The lowest BCUT2D eigenvalue weighted by Gasteiger charge is -2.35. The molecule has 0 saturated heterocycles. The molecular weight excluding hydrogens is 354 g/mol. The molecule has 2 aromatic rings. The predicted molar refractivity (Wildman–Crippen MR) is 127 cm³/mol. The standard InChI is InChI=1S/C26H35NSi/c1-18-9-13-21(14-10-18)23-17-24(28(7,8)27-26(4,5)6)20(3)25(23)22-15-11-19(2)12-16-22/h9-16,27H,17H2,1-8H3. The third-order valence-electron chi connectivity index (χ3n) is 5.67. The fourth-order valence-electron chi connectivity index (χ4n) is 4.59. The Bertz CT molecular complexity index is 920. The highest BCUT2D eigenvalue weighted by molar-refractivity contribution is 6.82. The van der Waals surface area contributed by atoms with Crippen LogP contribution in [0.4, 0.5) is 0 Å². The highest BCUT2D eigenvalue weighted by Crippen LogP contribution is 2.46. The van der Waals surface area contributed by atoms with Crippen molar-refractivity contribution in [1.29, 1.82) is 0 Å². The van der Waals surface area contributed by atoms with Crippen LogP contribution in [0.3, 0.4) is 0 Å². The third kappa shape index (κ3) is 4.39. The van der Waals surface area contributed by atoms with E-state index in [-0.39, 0.29) is 5.54 Å². The van der Waals surface area contributed by atoms with Gasteiger partial charge in [0.25, 0.3) is 0 Å². The topological polar surface area (TPSA) is 12.0 Å². The molecule has 2 aromatic carbocycles. The molecule has 0 radical (unpaired) electrons. The number of benzene rings is 2. The summed E-state index contributed by atoms with van der Waals surface area (Å²) in [4.78, 5) is 3.98. The monoisotopic (exact) mass is 389 g/mol. The van der Waals surface area contributed by atoms with Gasteiger partial charge < -0.3 is 4.98 Å². The molecule has 0 heterocycles. The molecule has 1 aliphatic carbocycles. The van der Waals surface area contributed by atoms with E-state index < -0.39 is 8.24 Å². The molecule has 0 aromatic heterocycles. The first-order valence-corrected chi connectivity index (χ1v) is 13.3. The molecule has 1 nitrogen and oxygen atoms in total. The highest BCUT2D eigenvalue weighted by atomic mass is 28.3. The molecule has 0 atom stereocenters. The van der Waals surface area contributed by atoms with Crippen molar-refractivity contribution in [3.63, 3.8) is 0 Å². The van der Waals surface area contributed by atoms with E-state index in [1.807, 2.05) is 0 Å². The number of aryl methyl sites for hydroxylation is 2. The predicted octanol–water partition coefficient (Wildman–Crippen LogP) is 7.07. The summed E-state index contributed by atoms with van der Waals surface area (Å²) in [5.74, 6) is 0. The lowest BCUT2D eigenvalue weighted by atomic mass is 9.93. The van der Waals surface area contributed by atoms with Gasteiger partial charge in [0, 0.05) is 5.54 Å². The molecule has 0 saturated carbocycles. The number of nitrogens with one attached hydrogen (secondary N) is 1. The van der Waals surface area contributed by atoms with Crippen molar-refractivity contribution in [2.45, 2.75) is 66.6 Å². The molecule has 148 valence electrons. The molecule has 0 amide bonds. The molecule has 0 aliphatic heterocycles. The van der Waals surface area contributed by atoms with Gasteiger partial charge in [-0.15, -0.1) is 0 Å². The van der Waals surface area contributed by atoms with Crippen LogP contribution in [0, 0.1) is 13.8 Å². The average Bonchev–Trinajstić information content (AvgIpc) is 2.92. The summed E-state index contributed by atoms with van der Waals surface area (Å²) in [6.45, 7) is 18.4. The van der Waals surface area contributed by atoms with Crippen molar-refractivity contribution in [3.8, 4) is 0 Å². The summed E-state index contributed by atoms with van der Waals surface area (Å²) in [7, 11) is -1.75. The van der Waals surface area contributed by atoms with Crippen LogP contribution >= 0.6 is 0 Å². The number of rotatable bonds is 4. The van der Waals surface area contributed by atoms with Gasteiger partial charge in [-0.2, -0.15) is 0 Å². The van der Waals surface area contributed by atoms with Crippen LogP contribution in [0.2, 0.25) is 13.1 Å². The van der Waals surface area contributed by atoms with Crippen molar-refractivity contribution in [2.75, 3.05) is 0 Å². The zero-order valence-corrected chi connectivity index (χ0v) is 19.8. The van der Waals surface area contributed by atoms with Crippen molar-refractivity contribution >= 4 is 19.4 Å². The Morgan fingerprint density at radius 1 is 0.750 bits per heavy atom. The number of hydrogen-bond donors (Lipinski definition) is 1. The Balaban J connectivity index is 2.13. The van der Waals surface area contributed by atoms with Gasteiger partial charge in [-0.05, 0) is 75.8 Å². The second kappa shape index (κ2) is 7.49. The molecule has 1 N–H and O–H groups in total. The van der Waals surface area contributed by atoms with Gasteiger partial charge in [-0.25, -0.2) is 0 Å². The minimum absolute atomic E-state index is 0.125. The molecule has 0 bridgehead atoms. The van der Waals surface area contributed by atoms with E-state index in [9.17, 15) is 0 Å². The van der Waals surface area contributed by atoms with Crippen LogP contribution in [-0.2, 0) is 0 Å².